The zero-order valence-corrected chi connectivity index (χ0v) is 12.8. The topological polar surface area (TPSA) is 58.6 Å². The maximum atomic E-state index is 11.9. The molecule has 0 saturated heterocycles. The molecule has 5 heteroatoms. The van der Waals surface area contributed by atoms with E-state index in [0.29, 0.717) is 16.7 Å². The first-order valence-corrected chi connectivity index (χ1v) is 6.86. The minimum Gasteiger partial charge on any atom is -0.309 e. The highest BCUT2D eigenvalue weighted by atomic mass is 79.9. The summed E-state index contributed by atoms with van der Waals surface area (Å²) in [5, 5.41) is 0. The van der Waals surface area contributed by atoms with Crippen molar-refractivity contribution in [2.45, 2.75) is 32.6 Å². The van der Waals surface area contributed by atoms with Crippen LogP contribution in [0.4, 0.5) is 0 Å². The van der Waals surface area contributed by atoms with Gasteiger partial charge < -0.3 is 4.98 Å². The Morgan fingerprint density at radius 1 is 1.32 bits per heavy atom. The molecule has 100 valence electrons. The summed E-state index contributed by atoms with van der Waals surface area (Å²) in [4.78, 5) is 23.5. The van der Waals surface area contributed by atoms with Crippen molar-refractivity contribution in [3.63, 3.8) is 0 Å². The van der Waals surface area contributed by atoms with E-state index in [1.165, 1.54) is 0 Å². The van der Waals surface area contributed by atoms with Gasteiger partial charge in [-0.3, -0.25) is 9.78 Å². The molecule has 2 aromatic rings. The second kappa shape index (κ2) is 5.25. The summed E-state index contributed by atoms with van der Waals surface area (Å²) < 4.78 is 0.504. The Kier molecular flexibility index (Phi) is 3.85. The molecule has 2 rings (SSSR count). The van der Waals surface area contributed by atoms with Crippen molar-refractivity contribution in [2.75, 3.05) is 0 Å². The number of hydrogen-bond acceptors (Lipinski definition) is 3. The molecule has 0 unspecified atom stereocenters. The minimum absolute atomic E-state index is 0.147. The first-order valence-electron chi connectivity index (χ1n) is 6.07. The van der Waals surface area contributed by atoms with Crippen LogP contribution < -0.4 is 5.56 Å². The Morgan fingerprint density at radius 2 is 2.05 bits per heavy atom. The van der Waals surface area contributed by atoms with Gasteiger partial charge in [-0.2, -0.15) is 0 Å². The number of pyridine rings is 1. The molecular formula is C14H16BrN3O. The first kappa shape index (κ1) is 13.9. The van der Waals surface area contributed by atoms with Crippen LogP contribution in [-0.2, 0) is 11.8 Å². The Hall–Kier alpha value is -1.49. The maximum absolute atomic E-state index is 11.9. The molecule has 0 aliphatic rings. The molecule has 0 amide bonds. The summed E-state index contributed by atoms with van der Waals surface area (Å²) in [5.41, 5.74) is 1.31. The second-order valence-corrected chi connectivity index (χ2v) is 6.22. The highest BCUT2D eigenvalue weighted by molar-refractivity contribution is 9.10. The van der Waals surface area contributed by atoms with Crippen molar-refractivity contribution in [3.8, 4) is 0 Å². The lowest BCUT2D eigenvalue weighted by atomic mass is 9.92. The minimum atomic E-state index is -0.189. The van der Waals surface area contributed by atoms with Crippen molar-refractivity contribution >= 4 is 15.9 Å². The summed E-state index contributed by atoms with van der Waals surface area (Å²) in [6.07, 6.45) is 2.25. The van der Waals surface area contributed by atoms with Crippen molar-refractivity contribution in [3.05, 3.63) is 56.4 Å². The van der Waals surface area contributed by atoms with Gasteiger partial charge in [0.2, 0.25) is 0 Å². The van der Waals surface area contributed by atoms with Gasteiger partial charge in [-0.05, 0) is 28.1 Å². The number of nitrogens with zero attached hydrogens (tertiary/aromatic N) is 2. The van der Waals surface area contributed by atoms with Crippen molar-refractivity contribution < 1.29 is 0 Å². The van der Waals surface area contributed by atoms with Gasteiger partial charge in [-0.1, -0.05) is 26.8 Å². The van der Waals surface area contributed by atoms with Crippen LogP contribution in [0.15, 0.2) is 33.7 Å². The third kappa shape index (κ3) is 3.29. The maximum Gasteiger partial charge on any atom is 0.265 e. The van der Waals surface area contributed by atoms with Crippen LogP contribution >= 0.6 is 15.9 Å². The van der Waals surface area contributed by atoms with E-state index in [9.17, 15) is 4.79 Å². The average Bonchev–Trinajstić information content (AvgIpc) is 2.33. The zero-order valence-electron chi connectivity index (χ0n) is 11.2. The van der Waals surface area contributed by atoms with Crippen molar-refractivity contribution in [1.82, 2.24) is 15.0 Å². The third-order valence-electron chi connectivity index (χ3n) is 2.70. The van der Waals surface area contributed by atoms with E-state index in [4.69, 9.17) is 0 Å². The number of aromatic nitrogens is 3. The Labute approximate surface area is 120 Å². The lowest BCUT2D eigenvalue weighted by Crippen LogP contribution is -2.23. The molecule has 0 aromatic carbocycles. The Morgan fingerprint density at radius 3 is 2.63 bits per heavy atom. The van der Waals surface area contributed by atoms with Crippen LogP contribution in [0.25, 0.3) is 0 Å². The SMILES string of the molecule is CC(C)(C)c1nc(Cc2ccccn2)[nH]c(=O)c1Br. The van der Waals surface area contributed by atoms with Crippen molar-refractivity contribution in [1.29, 1.82) is 0 Å². The fourth-order valence-corrected chi connectivity index (χ4v) is 2.54. The predicted molar refractivity (Wildman–Crippen MR) is 78.3 cm³/mol. The highest BCUT2D eigenvalue weighted by Crippen LogP contribution is 2.25. The van der Waals surface area contributed by atoms with Crippen LogP contribution in [-0.4, -0.2) is 15.0 Å². The molecular weight excluding hydrogens is 306 g/mol. The summed E-state index contributed by atoms with van der Waals surface area (Å²) in [7, 11) is 0. The lowest BCUT2D eigenvalue weighted by Gasteiger charge is -2.19. The van der Waals surface area contributed by atoms with E-state index in [-0.39, 0.29) is 11.0 Å². The smallest absolute Gasteiger partial charge is 0.265 e. The van der Waals surface area contributed by atoms with E-state index in [1.807, 2.05) is 39.0 Å². The summed E-state index contributed by atoms with van der Waals surface area (Å²) >= 11 is 3.31. The van der Waals surface area contributed by atoms with Gasteiger partial charge in [0.05, 0.1) is 5.69 Å². The van der Waals surface area contributed by atoms with Crippen molar-refractivity contribution in [2.24, 2.45) is 0 Å². The molecule has 2 heterocycles. The largest absolute Gasteiger partial charge is 0.309 e. The van der Waals surface area contributed by atoms with Gasteiger partial charge in [0.15, 0.2) is 0 Å². The molecule has 0 aliphatic heterocycles. The second-order valence-electron chi connectivity index (χ2n) is 5.42. The average molecular weight is 322 g/mol. The Bertz CT molecular complexity index is 629. The van der Waals surface area contributed by atoms with Crippen LogP contribution in [0.2, 0.25) is 0 Å². The third-order valence-corrected chi connectivity index (χ3v) is 3.43. The molecule has 0 atom stereocenters. The summed E-state index contributed by atoms with van der Waals surface area (Å²) in [5.74, 6) is 0.636. The molecule has 0 saturated carbocycles. The van der Waals surface area contributed by atoms with E-state index in [2.05, 4.69) is 30.9 Å². The van der Waals surface area contributed by atoms with Gasteiger partial charge in [0.25, 0.3) is 5.56 Å². The molecule has 0 radical (unpaired) electrons. The number of H-pyrrole nitrogens is 1. The van der Waals surface area contributed by atoms with Crippen LogP contribution in [0.3, 0.4) is 0 Å². The van der Waals surface area contributed by atoms with Crippen LogP contribution in [0, 0.1) is 0 Å². The van der Waals surface area contributed by atoms with Gasteiger partial charge >= 0.3 is 0 Å². The predicted octanol–water partition coefficient (Wildman–Crippen LogP) is 2.82. The number of nitrogens with one attached hydrogen (secondary N) is 1. The fourth-order valence-electron chi connectivity index (χ4n) is 1.76. The molecule has 4 nitrogen and oxygen atoms in total. The van der Waals surface area contributed by atoms with Crippen LogP contribution in [0.5, 0.6) is 0 Å². The molecule has 0 bridgehead atoms. The summed E-state index contributed by atoms with van der Waals surface area (Å²) in [6, 6.07) is 5.70. The standard InChI is InChI=1S/C14H16BrN3O/c1-14(2,3)12-11(15)13(19)18-10(17-12)8-9-6-4-5-7-16-9/h4-7H,8H2,1-3H3,(H,17,18,19). The molecule has 0 fully saturated rings. The number of hydrogen-bond donors (Lipinski definition) is 1. The van der Waals surface area contributed by atoms with Gasteiger partial charge in [0, 0.05) is 23.7 Å². The quantitative estimate of drug-likeness (QED) is 0.925. The molecule has 0 aliphatic carbocycles. The first-order chi connectivity index (χ1) is 8.88. The number of aromatic amines is 1. The highest BCUT2D eigenvalue weighted by Gasteiger charge is 2.22. The van der Waals surface area contributed by atoms with E-state index < -0.39 is 0 Å². The fraction of sp³-hybridized carbons (Fsp3) is 0.357. The molecule has 0 spiro atoms. The zero-order chi connectivity index (χ0) is 14.0. The number of rotatable bonds is 2. The van der Waals surface area contributed by atoms with E-state index >= 15 is 0 Å². The molecule has 1 N–H and O–H groups in total. The summed E-state index contributed by atoms with van der Waals surface area (Å²) in [6.45, 7) is 6.10. The van der Waals surface area contributed by atoms with E-state index in [0.717, 1.165) is 11.4 Å². The monoisotopic (exact) mass is 321 g/mol. The molecule has 2 aromatic heterocycles. The molecule has 19 heavy (non-hydrogen) atoms. The van der Waals surface area contributed by atoms with Gasteiger partial charge in [-0.25, -0.2) is 4.98 Å². The Balaban J connectivity index is 2.43. The van der Waals surface area contributed by atoms with Gasteiger partial charge in [-0.15, -0.1) is 0 Å². The number of halogens is 1. The van der Waals surface area contributed by atoms with E-state index in [1.54, 1.807) is 6.20 Å². The van der Waals surface area contributed by atoms with Crippen LogP contribution in [0.1, 0.15) is 38.0 Å². The normalized spacial score (nSPS) is 11.6. The lowest BCUT2D eigenvalue weighted by molar-refractivity contribution is 0.557. The van der Waals surface area contributed by atoms with Gasteiger partial charge in [0.1, 0.15) is 10.3 Å².